The fraction of sp³-hybridized carbons (Fsp3) is 0.378. The van der Waals surface area contributed by atoms with Crippen molar-refractivity contribution in [3.8, 4) is 11.1 Å². The summed E-state index contributed by atoms with van der Waals surface area (Å²) in [5.74, 6) is 0.332. The maximum Gasteiger partial charge on any atom is 0.248 e. The second-order valence-electron chi connectivity index (χ2n) is 13.2. The number of carbonyl (C=O) groups excluding carboxylic acids is 3. The number of Topliss-reactive ketones (excluding diaryl/α,β-unsaturated/α-hetero) is 1. The van der Waals surface area contributed by atoms with Crippen molar-refractivity contribution in [1.82, 2.24) is 34.5 Å². The van der Waals surface area contributed by atoms with Gasteiger partial charge in [-0.05, 0) is 98.4 Å². The van der Waals surface area contributed by atoms with Gasteiger partial charge in [0.2, 0.25) is 11.8 Å². The highest BCUT2D eigenvalue weighted by molar-refractivity contribution is 9.10. The van der Waals surface area contributed by atoms with Crippen LogP contribution in [0.3, 0.4) is 0 Å². The second kappa shape index (κ2) is 14.1. The smallest absolute Gasteiger partial charge is 0.248 e. The number of halogens is 1. The summed E-state index contributed by atoms with van der Waals surface area (Å²) in [5, 5.41) is 8.24. The van der Waals surface area contributed by atoms with Crippen molar-refractivity contribution in [3.63, 3.8) is 0 Å². The third kappa shape index (κ3) is 7.11. The summed E-state index contributed by atoms with van der Waals surface area (Å²) < 4.78 is 2.16. The van der Waals surface area contributed by atoms with E-state index in [0.717, 1.165) is 49.9 Å². The van der Waals surface area contributed by atoms with Crippen molar-refractivity contribution in [2.24, 2.45) is 5.41 Å². The van der Waals surface area contributed by atoms with Gasteiger partial charge in [0, 0.05) is 53.8 Å². The third-order valence-electron chi connectivity index (χ3n) is 9.63. The quantitative estimate of drug-likeness (QED) is 0.0717. The van der Waals surface area contributed by atoms with E-state index in [0.29, 0.717) is 39.1 Å². The lowest BCUT2D eigenvalue weighted by Gasteiger charge is -2.27. The van der Waals surface area contributed by atoms with Gasteiger partial charge >= 0.3 is 0 Å². The van der Waals surface area contributed by atoms with Gasteiger partial charge in [-0.3, -0.25) is 19.1 Å². The van der Waals surface area contributed by atoms with Gasteiger partial charge in [-0.15, -0.1) is 6.58 Å². The minimum atomic E-state index is -0.693. The van der Waals surface area contributed by atoms with Crippen molar-refractivity contribution in [3.05, 3.63) is 83.6 Å². The van der Waals surface area contributed by atoms with Crippen LogP contribution in [-0.4, -0.2) is 84.4 Å². The number of unbranched alkanes of at least 4 members (excludes halogenated alkanes) is 2. The molecule has 12 heteroatoms. The summed E-state index contributed by atoms with van der Waals surface area (Å²) in [6.45, 7) is 12.6. The van der Waals surface area contributed by atoms with Crippen LogP contribution in [0.15, 0.2) is 66.6 Å². The first kappa shape index (κ1) is 34.3. The Morgan fingerprint density at radius 2 is 1.88 bits per heavy atom. The van der Waals surface area contributed by atoms with E-state index in [-0.39, 0.29) is 41.3 Å². The molecule has 3 aromatic heterocycles. The molecule has 4 heterocycles. The van der Waals surface area contributed by atoms with Gasteiger partial charge in [0.05, 0.1) is 5.52 Å². The number of hydrogen-bond donors (Lipinski definition) is 1. The highest BCUT2D eigenvalue weighted by atomic mass is 79.9. The van der Waals surface area contributed by atoms with Crippen LogP contribution in [-0.2, 0) is 16.1 Å². The highest BCUT2D eigenvalue weighted by Gasteiger charge is 2.67. The number of ketones is 1. The molecule has 1 N–H and O–H groups in total. The molecule has 11 nitrogen and oxygen atoms in total. The van der Waals surface area contributed by atoms with Crippen LogP contribution in [0.2, 0.25) is 0 Å². The molecule has 2 amide bonds. The number of piperidine rings is 1. The Morgan fingerprint density at radius 3 is 2.59 bits per heavy atom. The van der Waals surface area contributed by atoms with Crippen molar-refractivity contribution in [2.45, 2.75) is 64.6 Å². The number of anilines is 1. The van der Waals surface area contributed by atoms with Crippen molar-refractivity contribution in [1.29, 1.82) is 0 Å². The number of pyridine rings is 1. The lowest BCUT2D eigenvalue weighted by molar-refractivity contribution is -0.138. The topological polar surface area (TPSA) is 126 Å². The summed E-state index contributed by atoms with van der Waals surface area (Å²) in [5.41, 5.74) is 3.10. The van der Waals surface area contributed by atoms with Crippen LogP contribution in [0.5, 0.6) is 0 Å². The van der Waals surface area contributed by atoms with E-state index in [9.17, 15) is 14.4 Å². The number of rotatable bonds is 14. The molecule has 1 saturated carbocycles. The average Bonchev–Trinajstić information content (AvgIpc) is 3.47. The maximum atomic E-state index is 14.3. The van der Waals surface area contributed by atoms with Gasteiger partial charge in [0.25, 0.3) is 0 Å². The molecular weight excluding hydrogens is 684 g/mol. The van der Waals surface area contributed by atoms with Gasteiger partial charge < -0.3 is 15.1 Å². The molecule has 3 atom stereocenters. The Kier molecular flexibility index (Phi) is 9.89. The van der Waals surface area contributed by atoms with E-state index < -0.39 is 6.04 Å². The molecule has 1 aliphatic carbocycles. The zero-order valence-corrected chi connectivity index (χ0v) is 29.7. The molecule has 254 valence electrons. The molecular formula is C37H41BrN8O3. The lowest BCUT2D eigenvalue weighted by Crippen LogP contribution is -2.47. The SMILES string of the molecule is C=CCCCCN(C)C[C@@]12C[C@@H](C(=O)Nc3nc(Br)ccc3C=C)N(C(=O)Cn3nc(C(C)=O)c4cc(-c5cnc(C)nc5)ccc43)[C@@H]1C2. The summed E-state index contributed by atoms with van der Waals surface area (Å²) in [6, 6.07) is 8.50. The van der Waals surface area contributed by atoms with E-state index in [2.05, 4.69) is 66.4 Å². The number of nitrogens with one attached hydrogen (secondary N) is 1. The lowest BCUT2D eigenvalue weighted by atomic mass is 9.98. The minimum Gasteiger partial charge on any atom is -0.325 e. The molecule has 1 aliphatic heterocycles. The number of likely N-dealkylation sites (tertiary alicyclic amines) is 1. The van der Waals surface area contributed by atoms with E-state index >= 15 is 0 Å². The first-order valence-electron chi connectivity index (χ1n) is 16.5. The Labute approximate surface area is 294 Å². The van der Waals surface area contributed by atoms with Crippen molar-refractivity contribution >= 4 is 56.3 Å². The predicted molar refractivity (Wildman–Crippen MR) is 194 cm³/mol. The normalized spacial score (nSPS) is 19.6. The molecule has 4 aromatic rings. The summed E-state index contributed by atoms with van der Waals surface area (Å²) in [4.78, 5) is 58.2. The Hall–Kier alpha value is -4.55. The Morgan fingerprint density at radius 1 is 1.10 bits per heavy atom. The van der Waals surface area contributed by atoms with E-state index in [1.165, 1.54) is 6.92 Å². The average molecular weight is 726 g/mol. The second-order valence-corrected chi connectivity index (χ2v) is 14.0. The summed E-state index contributed by atoms with van der Waals surface area (Å²) in [6.07, 6.45) is 11.5. The molecule has 0 spiro atoms. The molecule has 2 aliphatic rings. The number of aryl methyl sites for hydroxylation is 1. The van der Waals surface area contributed by atoms with E-state index in [4.69, 9.17) is 0 Å². The highest BCUT2D eigenvalue weighted by Crippen LogP contribution is 2.60. The van der Waals surface area contributed by atoms with E-state index in [1.807, 2.05) is 37.3 Å². The molecule has 1 saturated heterocycles. The first-order chi connectivity index (χ1) is 23.5. The van der Waals surface area contributed by atoms with Gasteiger partial charge in [-0.2, -0.15) is 5.10 Å². The van der Waals surface area contributed by atoms with Gasteiger partial charge in [0.15, 0.2) is 5.78 Å². The number of hydrogen-bond acceptors (Lipinski definition) is 8. The summed E-state index contributed by atoms with van der Waals surface area (Å²) >= 11 is 3.39. The molecule has 6 rings (SSSR count). The predicted octanol–water partition coefficient (Wildman–Crippen LogP) is 6.09. The third-order valence-corrected chi connectivity index (χ3v) is 10.1. The van der Waals surface area contributed by atoms with Crippen LogP contribution in [0.4, 0.5) is 5.82 Å². The molecule has 2 fully saturated rings. The fourth-order valence-corrected chi connectivity index (χ4v) is 7.44. The van der Waals surface area contributed by atoms with E-state index in [1.54, 1.807) is 34.1 Å². The van der Waals surface area contributed by atoms with Crippen LogP contribution in [0.25, 0.3) is 28.1 Å². The zero-order chi connectivity index (χ0) is 34.9. The molecule has 0 radical (unpaired) electrons. The number of fused-ring (bicyclic) bond motifs is 2. The van der Waals surface area contributed by atoms with Crippen LogP contribution < -0.4 is 5.32 Å². The number of benzene rings is 1. The molecule has 0 bridgehead atoms. The van der Waals surface area contributed by atoms with Gasteiger partial charge in [-0.25, -0.2) is 15.0 Å². The number of allylic oxidation sites excluding steroid dienone is 1. The Balaban J connectivity index is 1.28. The maximum absolute atomic E-state index is 14.3. The minimum absolute atomic E-state index is 0.0806. The number of aromatic nitrogens is 5. The molecule has 1 aromatic carbocycles. The Bertz CT molecular complexity index is 1940. The van der Waals surface area contributed by atoms with Crippen molar-refractivity contribution < 1.29 is 14.4 Å². The number of nitrogens with zero attached hydrogens (tertiary/aromatic N) is 7. The number of amides is 2. The largest absolute Gasteiger partial charge is 0.325 e. The van der Waals surface area contributed by atoms with Crippen LogP contribution >= 0.6 is 15.9 Å². The van der Waals surface area contributed by atoms with Gasteiger partial charge in [0.1, 0.15) is 34.5 Å². The van der Waals surface area contributed by atoms with Crippen LogP contribution in [0.1, 0.15) is 60.9 Å². The summed E-state index contributed by atoms with van der Waals surface area (Å²) in [7, 11) is 2.11. The standard InChI is InChI=1S/C37H41BrN8O3/c1-6-8-9-10-15-44(5)22-37-17-30(36(49)42-35-25(7-2)12-14-32(38)41-35)46(31(37)18-37)33(48)21-45-29-13-11-26(27-19-39-24(4)40-20-27)16-28(29)34(43-45)23(3)47/h6-7,11-14,16,19-20,30-31H,1-2,8-10,15,17-18,21-22H2,3-5H3,(H,41,42,49)/t30-,31+,37-/m0/s1. The van der Waals surface area contributed by atoms with Crippen molar-refractivity contribution in [2.75, 3.05) is 25.5 Å². The van der Waals surface area contributed by atoms with Crippen LogP contribution in [0, 0.1) is 12.3 Å². The molecule has 0 unspecified atom stereocenters. The fourth-order valence-electron chi connectivity index (χ4n) is 7.13. The molecule has 49 heavy (non-hydrogen) atoms. The number of carbonyl (C=O) groups is 3. The zero-order valence-electron chi connectivity index (χ0n) is 28.2. The monoisotopic (exact) mass is 724 g/mol. The first-order valence-corrected chi connectivity index (χ1v) is 17.3. The van der Waals surface area contributed by atoms with Gasteiger partial charge in [-0.1, -0.05) is 24.8 Å².